The molecule has 0 heterocycles. The van der Waals surface area contributed by atoms with Gasteiger partial charge in [-0.3, -0.25) is 0 Å². The summed E-state index contributed by atoms with van der Waals surface area (Å²) in [6, 6.07) is 11.4. The lowest BCUT2D eigenvalue weighted by Crippen LogP contribution is -2.09. The first-order chi connectivity index (χ1) is 10.1. The third-order valence-electron chi connectivity index (χ3n) is 3.79. The number of hydrogen-bond acceptors (Lipinski definition) is 2. The van der Waals surface area contributed by atoms with Gasteiger partial charge in [0.15, 0.2) is 0 Å². The van der Waals surface area contributed by atoms with Crippen LogP contribution in [0.25, 0.3) is 0 Å². The highest BCUT2D eigenvalue weighted by Gasteiger charge is 2.18. The molecule has 0 aliphatic heterocycles. The lowest BCUT2D eigenvalue weighted by molar-refractivity contribution is 0.156. The molecule has 0 fully saturated rings. The van der Waals surface area contributed by atoms with E-state index < -0.39 is 0 Å². The van der Waals surface area contributed by atoms with Gasteiger partial charge in [0.05, 0.1) is 16.1 Å². The van der Waals surface area contributed by atoms with E-state index in [9.17, 15) is 5.11 Å². The Bertz CT molecular complexity index is 655. The van der Waals surface area contributed by atoms with E-state index in [4.69, 9.17) is 27.9 Å². The summed E-state index contributed by atoms with van der Waals surface area (Å²) in [6.45, 7) is 0.443. The molecule has 2 nitrogen and oxygen atoms in total. The van der Waals surface area contributed by atoms with Gasteiger partial charge in [-0.1, -0.05) is 35.3 Å². The van der Waals surface area contributed by atoms with E-state index in [2.05, 4.69) is 0 Å². The average Bonchev–Trinajstić information content (AvgIpc) is 2.49. The van der Waals surface area contributed by atoms with Crippen LogP contribution in [0, 0.1) is 0 Å². The van der Waals surface area contributed by atoms with E-state index in [0.29, 0.717) is 16.7 Å². The van der Waals surface area contributed by atoms with Gasteiger partial charge in [-0.25, -0.2) is 0 Å². The van der Waals surface area contributed by atoms with Gasteiger partial charge in [0.25, 0.3) is 0 Å². The van der Waals surface area contributed by atoms with Crippen molar-refractivity contribution in [2.45, 2.75) is 32.0 Å². The van der Waals surface area contributed by atoms with Crippen molar-refractivity contribution in [3.05, 3.63) is 63.1 Å². The van der Waals surface area contributed by atoms with Gasteiger partial charge < -0.3 is 9.84 Å². The smallest absolute Gasteiger partial charge is 0.120 e. The number of aliphatic hydroxyl groups excluding tert-OH is 1. The fraction of sp³-hybridized carbons (Fsp3) is 0.294. The zero-order valence-corrected chi connectivity index (χ0v) is 13.0. The lowest BCUT2D eigenvalue weighted by atomic mass is 9.89. The normalized spacial score (nSPS) is 17.4. The van der Waals surface area contributed by atoms with Crippen LogP contribution in [-0.4, -0.2) is 5.11 Å². The van der Waals surface area contributed by atoms with Gasteiger partial charge in [-0.2, -0.15) is 0 Å². The minimum Gasteiger partial charge on any atom is -0.489 e. The van der Waals surface area contributed by atoms with Crippen LogP contribution in [0.2, 0.25) is 10.0 Å². The van der Waals surface area contributed by atoms with Gasteiger partial charge >= 0.3 is 0 Å². The van der Waals surface area contributed by atoms with Crippen molar-refractivity contribution in [2.24, 2.45) is 0 Å². The molecule has 0 saturated heterocycles. The van der Waals surface area contributed by atoms with Gasteiger partial charge in [-0.15, -0.1) is 0 Å². The molecule has 21 heavy (non-hydrogen) atoms. The maximum Gasteiger partial charge on any atom is 0.120 e. The van der Waals surface area contributed by atoms with Gasteiger partial charge in [0.1, 0.15) is 12.4 Å². The molecule has 0 saturated carbocycles. The number of aliphatic hydroxyl groups is 1. The molecular weight excluding hydrogens is 307 g/mol. The molecule has 1 aliphatic rings. The molecule has 2 aromatic carbocycles. The van der Waals surface area contributed by atoms with Crippen LogP contribution in [0.3, 0.4) is 0 Å². The largest absolute Gasteiger partial charge is 0.489 e. The van der Waals surface area contributed by atoms with Crippen molar-refractivity contribution in [3.8, 4) is 5.75 Å². The maximum atomic E-state index is 9.95. The lowest BCUT2D eigenvalue weighted by Gasteiger charge is -2.21. The number of hydrogen-bond donors (Lipinski definition) is 1. The van der Waals surface area contributed by atoms with Crippen molar-refractivity contribution >= 4 is 23.2 Å². The molecule has 110 valence electrons. The highest BCUT2D eigenvalue weighted by atomic mass is 35.5. The van der Waals surface area contributed by atoms with E-state index in [1.165, 1.54) is 5.56 Å². The number of halogens is 2. The molecule has 0 bridgehead atoms. The second-order valence-corrected chi connectivity index (χ2v) is 6.12. The zero-order chi connectivity index (χ0) is 14.8. The Kier molecular flexibility index (Phi) is 4.39. The summed E-state index contributed by atoms with van der Waals surface area (Å²) in [5.74, 6) is 0.814. The number of rotatable bonds is 3. The highest BCUT2D eigenvalue weighted by molar-refractivity contribution is 6.42. The molecular formula is C17H16Cl2O2. The molecule has 3 rings (SSSR count). The molecule has 1 N–H and O–H groups in total. The minimum absolute atomic E-state index is 0.335. The van der Waals surface area contributed by atoms with Crippen molar-refractivity contribution in [1.29, 1.82) is 0 Å². The van der Waals surface area contributed by atoms with Crippen molar-refractivity contribution in [2.75, 3.05) is 0 Å². The summed E-state index contributed by atoms with van der Waals surface area (Å²) in [5, 5.41) is 11.0. The summed E-state index contributed by atoms with van der Waals surface area (Å²) in [7, 11) is 0. The van der Waals surface area contributed by atoms with Gasteiger partial charge in [0.2, 0.25) is 0 Å². The molecule has 1 aliphatic carbocycles. The molecule has 4 heteroatoms. The van der Waals surface area contributed by atoms with E-state index in [-0.39, 0.29) is 6.10 Å². The number of aryl methyl sites for hydroxylation is 1. The summed E-state index contributed by atoms with van der Waals surface area (Å²) < 4.78 is 5.80. The SMILES string of the molecule is OC1CCCc2cc(OCc3ccc(Cl)c(Cl)c3)ccc21. The summed E-state index contributed by atoms with van der Waals surface area (Å²) in [5.41, 5.74) is 3.19. The second-order valence-electron chi connectivity index (χ2n) is 5.31. The van der Waals surface area contributed by atoms with Crippen LogP contribution in [0.4, 0.5) is 0 Å². The maximum absolute atomic E-state index is 9.95. The summed E-state index contributed by atoms with van der Waals surface area (Å²) in [4.78, 5) is 0. The topological polar surface area (TPSA) is 29.5 Å². The molecule has 0 radical (unpaired) electrons. The predicted molar refractivity (Wildman–Crippen MR) is 85.1 cm³/mol. The first-order valence-electron chi connectivity index (χ1n) is 7.01. The van der Waals surface area contributed by atoms with Crippen LogP contribution in [-0.2, 0) is 13.0 Å². The Morgan fingerprint density at radius 1 is 1.10 bits per heavy atom. The van der Waals surface area contributed by atoms with E-state index >= 15 is 0 Å². The van der Waals surface area contributed by atoms with E-state index in [1.54, 1.807) is 6.07 Å². The Hall–Kier alpha value is -1.22. The summed E-state index contributed by atoms with van der Waals surface area (Å²) >= 11 is 11.9. The molecule has 2 aromatic rings. The second kappa shape index (κ2) is 6.27. The van der Waals surface area contributed by atoms with Crippen LogP contribution < -0.4 is 4.74 Å². The molecule has 0 spiro atoms. The van der Waals surface area contributed by atoms with Crippen LogP contribution in [0.15, 0.2) is 36.4 Å². The van der Waals surface area contributed by atoms with E-state index in [0.717, 1.165) is 36.1 Å². The minimum atomic E-state index is -0.335. The Balaban J connectivity index is 1.72. The third-order valence-corrected chi connectivity index (χ3v) is 4.53. The average molecular weight is 323 g/mol. The quantitative estimate of drug-likeness (QED) is 0.867. The summed E-state index contributed by atoms with van der Waals surface area (Å²) in [6.07, 6.45) is 2.52. The van der Waals surface area contributed by atoms with Crippen molar-refractivity contribution < 1.29 is 9.84 Å². The fourth-order valence-electron chi connectivity index (χ4n) is 2.65. The number of fused-ring (bicyclic) bond motifs is 1. The zero-order valence-electron chi connectivity index (χ0n) is 11.5. The predicted octanol–water partition coefficient (Wildman–Crippen LogP) is 4.94. The van der Waals surface area contributed by atoms with Gasteiger partial charge in [0, 0.05) is 0 Å². The third kappa shape index (κ3) is 3.34. The standard InChI is InChI=1S/C17H16Cl2O2/c18-15-7-4-11(8-16(15)19)10-21-13-5-6-14-12(9-13)2-1-3-17(14)20/h4-9,17,20H,1-3,10H2. The first-order valence-corrected chi connectivity index (χ1v) is 7.76. The number of ether oxygens (including phenoxy) is 1. The Labute approximate surface area is 134 Å². The van der Waals surface area contributed by atoms with Crippen molar-refractivity contribution in [1.82, 2.24) is 0 Å². The van der Waals surface area contributed by atoms with Crippen LogP contribution in [0.5, 0.6) is 5.75 Å². The van der Waals surface area contributed by atoms with Crippen LogP contribution >= 0.6 is 23.2 Å². The number of benzene rings is 2. The monoisotopic (exact) mass is 322 g/mol. The molecule has 1 unspecified atom stereocenters. The molecule has 0 aromatic heterocycles. The van der Waals surface area contributed by atoms with Crippen LogP contribution in [0.1, 0.15) is 35.6 Å². The Morgan fingerprint density at radius 3 is 2.76 bits per heavy atom. The highest BCUT2D eigenvalue weighted by Crippen LogP contribution is 2.32. The molecule has 0 amide bonds. The Morgan fingerprint density at radius 2 is 1.95 bits per heavy atom. The fourth-order valence-corrected chi connectivity index (χ4v) is 2.97. The first kappa shape index (κ1) is 14.7. The van der Waals surface area contributed by atoms with Crippen molar-refractivity contribution in [3.63, 3.8) is 0 Å². The van der Waals surface area contributed by atoms with Gasteiger partial charge in [-0.05, 0) is 60.2 Å². The van der Waals surface area contributed by atoms with E-state index in [1.807, 2.05) is 30.3 Å². The molecule has 1 atom stereocenters.